The molecule has 0 aliphatic heterocycles. The maximum absolute atomic E-state index is 12.0. The van der Waals surface area contributed by atoms with E-state index in [4.69, 9.17) is 4.42 Å². The van der Waals surface area contributed by atoms with Crippen molar-refractivity contribution in [3.8, 4) is 11.5 Å². The van der Waals surface area contributed by atoms with Gasteiger partial charge in [-0.05, 0) is 43.7 Å². The van der Waals surface area contributed by atoms with E-state index in [0.29, 0.717) is 11.6 Å². The molecule has 28 heavy (non-hydrogen) atoms. The van der Waals surface area contributed by atoms with Crippen LogP contribution in [0.15, 0.2) is 56.6 Å². The smallest absolute Gasteiger partial charge is 0.325 e. The van der Waals surface area contributed by atoms with E-state index < -0.39 is 11.9 Å². The highest BCUT2D eigenvalue weighted by Crippen LogP contribution is 2.25. The Morgan fingerprint density at radius 2 is 1.96 bits per heavy atom. The number of benzene rings is 2. The van der Waals surface area contributed by atoms with Crippen LogP contribution in [0.3, 0.4) is 0 Å². The lowest BCUT2D eigenvalue weighted by Crippen LogP contribution is -2.35. The fraction of sp³-hybridized carbons (Fsp3) is 0.158. The zero-order valence-electron chi connectivity index (χ0n) is 15.2. The van der Waals surface area contributed by atoms with E-state index in [1.165, 1.54) is 0 Å². The molecule has 0 saturated heterocycles. The van der Waals surface area contributed by atoms with Crippen molar-refractivity contribution in [1.82, 2.24) is 15.5 Å². The first-order chi connectivity index (χ1) is 13.4. The summed E-state index contributed by atoms with van der Waals surface area (Å²) < 4.78 is 6.44. The molecule has 0 radical (unpaired) electrons. The normalized spacial score (nSPS) is 10.5. The summed E-state index contributed by atoms with van der Waals surface area (Å²) in [6.45, 7) is 3.86. The average molecular weight is 461 g/mol. The van der Waals surface area contributed by atoms with E-state index in [1.54, 1.807) is 6.07 Å². The largest absolute Gasteiger partial charge is 0.411 e. The van der Waals surface area contributed by atoms with Crippen molar-refractivity contribution >= 4 is 45.3 Å². The van der Waals surface area contributed by atoms with E-state index in [-0.39, 0.29) is 11.0 Å². The highest BCUT2D eigenvalue weighted by atomic mass is 79.9. The number of urea groups is 1. The molecule has 0 atom stereocenters. The summed E-state index contributed by atoms with van der Waals surface area (Å²) in [6, 6.07) is 12.5. The van der Waals surface area contributed by atoms with Crippen molar-refractivity contribution in [3.05, 3.63) is 58.1 Å². The molecule has 0 saturated carbocycles. The van der Waals surface area contributed by atoms with Gasteiger partial charge in [-0.25, -0.2) is 4.79 Å². The maximum Gasteiger partial charge on any atom is 0.325 e. The van der Waals surface area contributed by atoms with E-state index in [2.05, 4.69) is 36.8 Å². The highest BCUT2D eigenvalue weighted by molar-refractivity contribution is 9.10. The van der Waals surface area contributed by atoms with Gasteiger partial charge in [-0.2, -0.15) is 0 Å². The van der Waals surface area contributed by atoms with Crippen molar-refractivity contribution in [1.29, 1.82) is 0 Å². The standard InChI is InChI=1S/C19H17BrN4O3S/c1-11-6-7-15(12(2)8-11)21-18(26)22-16(25)10-28-19-24-23-17(27-19)13-4-3-5-14(20)9-13/h3-9H,10H2,1-2H3,(H2,21,22,25,26). The number of nitrogens with zero attached hydrogens (tertiary/aromatic N) is 2. The first-order valence-electron chi connectivity index (χ1n) is 8.31. The van der Waals surface area contributed by atoms with Gasteiger partial charge >= 0.3 is 6.03 Å². The van der Waals surface area contributed by atoms with Crippen LogP contribution in [-0.2, 0) is 4.79 Å². The van der Waals surface area contributed by atoms with Crippen molar-refractivity contribution < 1.29 is 14.0 Å². The molecule has 3 rings (SSSR count). The number of anilines is 1. The highest BCUT2D eigenvalue weighted by Gasteiger charge is 2.13. The monoisotopic (exact) mass is 460 g/mol. The third-order valence-corrected chi connectivity index (χ3v) is 5.00. The number of hydrogen-bond donors (Lipinski definition) is 2. The summed E-state index contributed by atoms with van der Waals surface area (Å²) in [7, 11) is 0. The molecular formula is C19H17BrN4O3S. The molecule has 2 N–H and O–H groups in total. The quantitative estimate of drug-likeness (QED) is 0.541. The number of carbonyl (C=O) groups excluding carboxylic acids is 2. The second-order valence-corrected chi connectivity index (χ2v) is 7.84. The minimum Gasteiger partial charge on any atom is -0.411 e. The van der Waals surface area contributed by atoms with Crippen LogP contribution in [0.25, 0.3) is 11.5 Å². The predicted molar refractivity (Wildman–Crippen MR) is 111 cm³/mol. The lowest BCUT2D eigenvalue weighted by molar-refractivity contribution is -0.117. The molecule has 3 aromatic rings. The van der Waals surface area contributed by atoms with Crippen molar-refractivity contribution in [2.24, 2.45) is 0 Å². The molecule has 2 aromatic carbocycles. The van der Waals surface area contributed by atoms with Gasteiger partial charge in [-0.1, -0.05) is 51.5 Å². The SMILES string of the molecule is Cc1ccc(NC(=O)NC(=O)CSc2nnc(-c3cccc(Br)c3)o2)c(C)c1. The number of imide groups is 1. The van der Waals surface area contributed by atoms with Crippen molar-refractivity contribution in [2.45, 2.75) is 19.1 Å². The predicted octanol–water partition coefficient (Wildman–Crippen LogP) is 4.56. The van der Waals surface area contributed by atoms with Gasteiger partial charge in [0.2, 0.25) is 11.8 Å². The molecule has 3 amide bonds. The average Bonchev–Trinajstić information content (AvgIpc) is 3.11. The van der Waals surface area contributed by atoms with Crippen LogP contribution in [0.5, 0.6) is 0 Å². The lowest BCUT2D eigenvalue weighted by atomic mass is 10.1. The summed E-state index contributed by atoms with van der Waals surface area (Å²) >= 11 is 4.44. The van der Waals surface area contributed by atoms with E-state index in [9.17, 15) is 9.59 Å². The Morgan fingerprint density at radius 3 is 2.71 bits per heavy atom. The number of hydrogen-bond acceptors (Lipinski definition) is 6. The summed E-state index contributed by atoms with van der Waals surface area (Å²) in [5.41, 5.74) is 3.44. The molecule has 7 nitrogen and oxygen atoms in total. The Kier molecular flexibility index (Phi) is 6.48. The van der Waals surface area contributed by atoms with Crippen LogP contribution in [0.4, 0.5) is 10.5 Å². The first kappa shape index (κ1) is 20.1. The van der Waals surface area contributed by atoms with Gasteiger partial charge in [0.1, 0.15) is 0 Å². The summed E-state index contributed by atoms with van der Waals surface area (Å²) in [6.07, 6.45) is 0. The second kappa shape index (κ2) is 9.03. The van der Waals surface area contributed by atoms with Gasteiger partial charge < -0.3 is 9.73 Å². The van der Waals surface area contributed by atoms with Crippen LogP contribution in [0.2, 0.25) is 0 Å². The van der Waals surface area contributed by atoms with E-state index >= 15 is 0 Å². The Bertz CT molecular complexity index is 1020. The first-order valence-corrected chi connectivity index (χ1v) is 10.1. The van der Waals surface area contributed by atoms with Crippen LogP contribution in [0.1, 0.15) is 11.1 Å². The van der Waals surface area contributed by atoms with Gasteiger partial charge in [0, 0.05) is 15.7 Å². The van der Waals surface area contributed by atoms with Crippen LogP contribution in [0, 0.1) is 13.8 Å². The molecule has 1 aromatic heterocycles. The molecule has 0 spiro atoms. The Hall–Kier alpha value is -2.65. The third kappa shape index (κ3) is 5.43. The molecule has 0 aliphatic carbocycles. The Morgan fingerprint density at radius 1 is 1.14 bits per heavy atom. The lowest BCUT2D eigenvalue weighted by Gasteiger charge is -2.09. The Labute approximate surface area is 174 Å². The molecule has 1 heterocycles. The van der Waals surface area contributed by atoms with Crippen LogP contribution in [-0.4, -0.2) is 27.9 Å². The van der Waals surface area contributed by atoms with Gasteiger partial charge in [0.05, 0.1) is 5.75 Å². The number of amides is 3. The number of rotatable bonds is 5. The number of halogens is 1. The van der Waals surface area contributed by atoms with Crippen LogP contribution >= 0.6 is 27.7 Å². The van der Waals surface area contributed by atoms with E-state index in [1.807, 2.05) is 50.2 Å². The van der Waals surface area contributed by atoms with Crippen molar-refractivity contribution in [2.75, 3.05) is 11.1 Å². The number of carbonyl (C=O) groups is 2. The van der Waals surface area contributed by atoms with Gasteiger partial charge in [-0.15, -0.1) is 10.2 Å². The molecule has 9 heteroatoms. The summed E-state index contributed by atoms with van der Waals surface area (Å²) in [5, 5.41) is 13.1. The van der Waals surface area contributed by atoms with Gasteiger partial charge in [-0.3, -0.25) is 10.1 Å². The molecule has 0 unspecified atom stereocenters. The van der Waals surface area contributed by atoms with Crippen molar-refractivity contribution in [3.63, 3.8) is 0 Å². The fourth-order valence-electron chi connectivity index (χ4n) is 2.40. The van der Waals surface area contributed by atoms with E-state index in [0.717, 1.165) is 32.9 Å². The zero-order valence-corrected chi connectivity index (χ0v) is 17.6. The van der Waals surface area contributed by atoms with Crippen LogP contribution < -0.4 is 10.6 Å². The third-order valence-electron chi connectivity index (χ3n) is 3.69. The Balaban J connectivity index is 1.51. The summed E-state index contributed by atoms with van der Waals surface area (Å²) in [4.78, 5) is 24.0. The van der Waals surface area contributed by atoms with Gasteiger partial charge in [0.15, 0.2) is 0 Å². The number of nitrogens with one attached hydrogen (secondary N) is 2. The molecule has 0 bridgehead atoms. The molecular weight excluding hydrogens is 444 g/mol. The topological polar surface area (TPSA) is 97.1 Å². The number of aromatic nitrogens is 2. The molecule has 144 valence electrons. The minimum absolute atomic E-state index is 0.0274. The molecule has 0 aliphatic rings. The molecule has 0 fully saturated rings. The number of aryl methyl sites for hydroxylation is 2. The second-order valence-electron chi connectivity index (χ2n) is 5.99. The fourth-order valence-corrected chi connectivity index (χ4v) is 3.37. The summed E-state index contributed by atoms with van der Waals surface area (Å²) in [5.74, 6) is -0.133. The minimum atomic E-state index is -0.585. The van der Waals surface area contributed by atoms with Gasteiger partial charge in [0.25, 0.3) is 5.22 Å². The maximum atomic E-state index is 12.0. The zero-order chi connectivity index (χ0) is 20.1. The number of thioether (sulfide) groups is 1.